The van der Waals surface area contributed by atoms with E-state index < -0.39 is 21.5 Å². The first-order chi connectivity index (χ1) is 12.9. The van der Waals surface area contributed by atoms with Gasteiger partial charge in [-0.3, -0.25) is 4.79 Å². The Bertz CT molecular complexity index is 1020. The minimum absolute atomic E-state index is 0.121. The molecule has 4 nitrogen and oxygen atoms in total. The predicted octanol–water partition coefficient (Wildman–Crippen LogP) is 3.67. The molecule has 140 valence electrons. The minimum Gasteiger partial charge on any atom is -0.355 e. The molecule has 0 radical (unpaired) electrons. The molecule has 0 aromatic heterocycles. The third-order valence-electron chi connectivity index (χ3n) is 4.58. The highest BCUT2D eigenvalue weighted by Crippen LogP contribution is 2.20. The van der Waals surface area contributed by atoms with Gasteiger partial charge in [0.25, 0.3) is 0 Å². The summed E-state index contributed by atoms with van der Waals surface area (Å²) >= 11 is 0. The van der Waals surface area contributed by atoms with Gasteiger partial charge in [-0.15, -0.1) is 0 Å². The Labute approximate surface area is 160 Å². The number of nitrogens with one attached hydrogen (secondary N) is 1. The fourth-order valence-corrected chi connectivity index (χ4v) is 4.45. The molecule has 0 fully saturated rings. The number of amides is 1. The Hall–Kier alpha value is -2.66. The largest absolute Gasteiger partial charge is 0.355 e. The van der Waals surface area contributed by atoms with Gasteiger partial charge in [0.2, 0.25) is 5.91 Å². The Morgan fingerprint density at radius 2 is 1.59 bits per heavy atom. The summed E-state index contributed by atoms with van der Waals surface area (Å²) in [6.07, 6.45) is 0. The van der Waals surface area contributed by atoms with E-state index >= 15 is 0 Å². The maximum atomic E-state index is 12.5. The molecular formula is C22H23NO3S. The van der Waals surface area contributed by atoms with Gasteiger partial charge in [0.05, 0.1) is 5.75 Å². The van der Waals surface area contributed by atoms with Crippen molar-refractivity contribution >= 4 is 26.5 Å². The molecule has 3 rings (SSSR count). The van der Waals surface area contributed by atoms with Crippen LogP contribution in [0, 0.1) is 0 Å². The van der Waals surface area contributed by atoms with Crippen LogP contribution >= 0.6 is 0 Å². The maximum absolute atomic E-state index is 12.5. The monoisotopic (exact) mass is 381 g/mol. The highest BCUT2D eigenvalue weighted by atomic mass is 32.2. The predicted molar refractivity (Wildman–Crippen MR) is 109 cm³/mol. The Kier molecular flexibility index (Phi) is 5.91. The summed E-state index contributed by atoms with van der Waals surface area (Å²) < 4.78 is 25.0. The van der Waals surface area contributed by atoms with Crippen LogP contribution in [0.15, 0.2) is 72.8 Å². The molecule has 0 aliphatic carbocycles. The molecule has 0 saturated carbocycles. The van der Waals surface area contributed by atoms with Crippen LogP contribution < -0.4 is 5.32 Å². The lowest BCUT2D eigenvalue weighted by Crippen LogP contribution is -2.33. The van der Waals surface area contributed by atoms with Gasteiger partial charge in [-0.25, -0.2) is 8.42 Å². The Morgan fingerprint density at radius 3 is 2.37 bits per heavy atom. The molecule has 3 aromatic carbocycles. The summed E-state index contributed by atoms with van der Waals surface area (Å²) in [6.45, 7) is 2.41. The molecule has 0 aliphatic heterocycles. The lowest BCUT2D eigenvalue weighted by molar-refractivity contribution is -0.118. The molecule has 27 heavy (non-hydrogen) atoms. The second-order valence-electron chi connectivity index (χ2n) is 6.79. The van der Waals surface area contributed by atoms with Crippen LogP contribution in [0.2, 0.25) is 0 Å². The Morgan fingerprint density at radius 1 is 0.926 bits per heavy atom. The Balaban J connectivity index is 1.61. The molecular weight excluding hydrogens is 358 g/mol. The second kappa shape index (κ2) is 8.35. The van der Waals surface area contributed by atoms with Crippen molar-refractivity contribution in [3.63, 3.8) is 0 Å². The zero-order valence-corrected chi connectivity index (χ0v) is 16.1. The fraction of sp³-hybridized carbons (Fsp3) is 0.227. The molecule has 0 bridgehead atoms. The van der Waals surface area contributed by atoms with Crippen LogP contribution in [0.5, 0.6) is 0 Å². The van der Waals surface area contributed by atoms with Gasteiger partial charge >= 0.3 is 0 Å². The summed E-state index contributed by atoms with van der Waals surface area (Å²) in [5, 5.41) is 4.64. The lowest BCUT2D eigenvalue weighted by Gasteiger charge is -2.13. The smallest absolute Gasteiger partial charge is 0.235 e. The average Bonchev–Trinajstić information content (AvgIpc) is 2.66. The van der Waals surface area contributed by atoms with Crippen LogP contribution in [0.4, 0.5) is 0 Å². The van der Waals surface area contributed by atoms with Crippen molar-refractivity contribution in [1.29, 1.82) is 0 Å². The number of carbonyl (C=O) groups excluding carboxylic acids is 1. The number of fused-ring (bicyclic) bond motifs is 1. The third-order valence-corrected chi connectivity index (χ3v) is 6.03. The lowest BCUT2D eigenvalue weighted by atomic mass is 10.0. The molecule has 0 aliphatic rings. The molecule has 1 atom stereocenters. The number of sulfone groups is 1. The van der Waals surface area contributed by atoms with E-state index in [4.69, 9.17) is 0 Å². The number of rotatable bonds is 7. The van der Waals surface area contributed by atoms with Crippen molar-refractivity contribution < 1.29 is 13.2 Å². The number of hydrogen-bond donors (Lipinski definition) is 1. The van der Waals surface area contributed by atoms with Crippen molar-refractivity contribution in [2.45, 2.75) is 18.6 Å². The highest BCUT2D eigenvalue weighted by molar-refractivity contribution is 7.91. The first kappa shape index (κ1) is 19.1. The van der Waals surface area contributed by atoms with Crippen LogP contribution in [-0.4, -0.2) is 26.6 Å². The van der Waals surface area contributed by atoms with E-state index in [1.165, 1.54) is 0 Å². The van der Waals surface area contributed by atoms with E-state index in [-0.39, 0.29) is 11.7 Å². The molecule has 0 heterocycles. The van der Waals surface area contributed by atoms with Gasteiger partial charge in [0.1, 0.15) is 5.75 Å². The van der Waals surface area contributed by atoms with E-state index in [2.05, 4.69) is 5.32 Å². The van der Waals surface area contributed by atoms with E-state index in [1.54, 1.807) is 6.07 Å². The standard InChI is InChI=1S/C22H23NO3S/c1-17(18-8-3-2-4-9-18)14-23-22(24)16-27(25,26)15-20-12-7-11-19-10-5-6-13-21(19)20/h2-13,17H,14-16H2,1H3,(H,23,24). The van der Waals surface area contributed by atoms with Crippen molar-refractivity contribution in [3.8, 4) is 0 Å². The van der Waals surface area contributed by atoms with Crippen LogP contribution in [0.25, 0.3) is 10.8 Å². The van der Waals surface area contributed by atoms with Crippen molar-refractivity contribution in [1.82, 2.24) is 5.32 Å². The molecule has 1 unspecified atom stereocenters. The van der Waals surface area contributed by atoms with Crippen LogP contribution in [0.3, 0.4) is 0 Å². The van der Waals surface area contributed by atoms with Gasteiger partial charge in [-0.05, 0) is 27.8 Å². The van der Waals surface area contributed by atoms with Crippen molar-refractivity contribution in [2.24, 2.45) is 0 Å². The maximum Gasteiger partial charge on any atom is 0.235 e. The third kappa shape index (κ3) is 5.17. The first-order valence-corrected chi connectivity index (χ1v) is 10.8. The minimum atomic E-state index is -3.55. The highest BCUT2D eigenvalue weighted by Gasteiger charge is 2.19. The number of benzene rings is 3. The zero-order chi connectivity index (χ0) is 19.3. The fourth-order valence-electron chi connectivity index (χ4n) is 3.12. The average molecular weight is 381 g/mol. The molecule has 1 N–H and O–H groups in total. The normalized spacial score (nSPS) is 12.6. The summed E-state index contributed by atoms with van der Waals surface area (Å²) in [6, 6.07) is 23.1. The van der Waals surface area contributed by atoms with Crippen molar-refractivity contribution in [3.05, 3.63) is 83.9 Å². The molecule has 5 heteroatoms. The topological polar surface area (TPSA) is 63.2 Å². The van der Waals surface area contributed by atoms with Gasteiger partial charge in [-0.2, -0.15) is 0 Å². The second-order valence-corrected chi connectivity index (χ2v) is 8.85. The number of hydrogen-bond acceptors (Lipinski definition) is 3. The van der Waals surface area contributed by atoms with E-state index in [9.17, 15) is 13.2 Å². The SMILES string of the molecule is CC(CNC(=O)CS(=O)(=O)Cc1cccc2ccccc12)c1ccccc1. The van der Waals surface area contributed by atoms with Gasteiger partial charge < -0.3 is 5.32 Å². The summed E-state index contributed by atoms with van der Waals surface area (Å²) in [5.41, 5.74) is 1.83. The van der Waals surface area contributed by atoms with Crippen LogP contribution in [0.1, 0.15) is 24.0 Å². The van der Waals surface area contributed by atoms with E-state index in [0.29, 0.717) is 6.54 Å². The van der Waals surface area contributed by atoms with Gasteiger partial charge in [-0.1, -0.05) is 79.7 Å². The zero-order valence-electron chi connectivity index (χ0n) is 15.3. The quantitative estimate of drug-likeness (QED) is 0.679. The van der Waals surface area contributed by atoms with Gasteiger partial charge in [0.15, 0.2) is 9.84 Å². The molecule has 0 saturated heterocycles. The summed E-state index contributed by atoms with van der Waals surface area (Å²) in [7, 11) is -3.55. The van der Waals surface area contributed by atoms with E-state index in [1.807, 2.05) is 73.7 Å². The van der Waals surface area contributed by atoms with E-state index in [0.717, 1.165) is 21.9 Å². The number of carbonyl (C=O) groups is 1. The molecule has 0 spiro atoms. The van der Waals surface area contributed by atoms with Crippen molar-refractivity contribution in [2.75, 3.05) is 12.3 Å². The molecule has 1 amide bonds. The van der Waals surface area contributed by atoms with Crippen LogP contribution in [-0.2, 0) is 20.4 Å². The molecule has 3 aromatic rings. The van der Waals surface area contributed by atoms with Gasteiger partial charge in [0, 0.05) is 6.54 Å². The summed E-state index contributed by atoms with van der Waals surface area (Å²) in [4.78, 5) is 12.2. The first-order valence-electron chi connectivity index (χ1n) is 8.93. The summed E-state index contributed by atoms with van der Waals surface area (Å²) in [5.74, 6) is -0.984.